The number of hydrogen-bond acceptors (Lipinski definition) is 3. The van der Waals surface area contributed by atoms with Gasteiger partial charge in [0.25, 0.3) is 0 Å². The Labute approximate surface area is 66.8 Å². The van der Waals surface area contributed by atoms with Crippen molar-refractivity contribution in [2.24, 2.45) is 0 Å². The van der Waals surface area contributed by atoms with Crippen LogP contribution in [0.2, 0.25) is 0 Å². The van der Waals surface area contributed by atoms with E-state index in [1.165, 1.54) is 6.33 Å². The van der Waals surface area contributed by atoms with Crippen molar-refractivity contribution in [2.75, 3.05) is 0 Å². The van der Waals surface area contributed by atoms with Crippen molar-refractivity contribution >= 4 is 23.4 Å². The Morgan fingerprint density at radius 1 is 1.36 bits per heavy atom. The molecular formula is C5H6N4OS. The third-order valence-corrected chi connectivity index (χ3v) is 1.40. The molecule has 2 aromatic heterocycles. The van der Waals surface area contributed by atoms with Gasteiger partial charge in [0.15, 0.2) is 10.4 Å². The lowest BCUT2D eigenvalue weighted by Crippen LogP contribution is -1.76. The van der Waals surface area contributed by atoms with Crippen LogP contribution in [-0.4, -0.2) is 25.4 Å². The average Bonchev–Trinajstić information content (AvgIpc) is 2.27. The van der Waals surface area contributed by atoms with Crippen LogP contribution in [-0.2, 0) is 0 Å². The van der Waals surface area contributed by atoms with E-state index in [-0.39, 0.29) is 5.48 Å². The Morgan fingerprint density at radius 3 is 2.91 bits per heavy atom. The molecule has 0 amide bonds. The van der Waals surface area contributed by atoms with Crippen LogP contribution in [0.25, 0.3) is 11.2 Å². The van der Waals surface area contributed by atoms with Gasteiger partial charge in [0.05, 0.1) is 6.20 Å². The van der Waals surface area contributed by atoms with Crippen LogP contribution in [0.15, 0.2) is 12.5 Å². The van der Waals surface area contributed by atoms with E-state index in [9.17, 15) is 0 Å². The lowest BCUT2D eigenvalue weighted by molar-refractivity contribution is 0.824. The molecule has 4 N–H and O–H groups in total. The van der Waals surface area contributed by atoms with Gasteiger partial charge in [0.1, 0.15) is 11.8 Å². The average molecular weight is 170 g/mol. The highest BCUT2D eigenvalue weighted by Crippen LogP contribution is 2.01. The van der Waals surface area contributed by atoms with E-state index in [0.29, 0.717) is 4.77 Å². The first kappa shape index (κ1) is 7.83. The molecule has 0 saturated carbocycles. The van der Waals surface area contributed by atoms with Crippen molar-refractivity contribution in [2.45, 2.75) is 0 Å². The monoisotopic (exact) mass is 170 g/mol. The SMILES string of the molecule is O.S=c1[nH]c2cncnc2[nH]1. The second kappa shape index (κ2) is 2.77. The van der Waals surface area contributed by atoms with Crippen molar-refractivity contribution in [3.63, 3.8) is 0 Å². The summed E-state index contributed by atoms with van der Waals surface area (Å²) in [6, 6.07) is 0. The first-order valence-electron chi connectivity index (χ1n) is 2.74. The zero-order valence-corrected chi connectivity index (χ0v) is 6.27. The highest BCUT2D eigenvalue weighted by molar-refractivity contribution is 7.71. The van der Waals surface area contributed by atoms with E-state index in [2.05, 4.69) is 19.9 Å². The Morgan fingerprint density at radius 2 is 2.18 bits per heavy atom. The molecule has 11 heavy (non-hydrogen) atoms. The molecule has 58 valence electrons. The number of hydrogen-bond donors (Lipinski definition) is 2. The van der Waals surface area contributed by atoms with E-state index in [0.717, 1.165) is 11.2 Å². The molecule has 0 radical (unpaired) electrons. The molecule has 0 aliphatic heterocycles. The maximum Gasteiger partial charge on any atom is 0.176 e. The predicted octanol–water partition coefficient (Wildman–Crippen LogP) is 0.191. The third kappa shape index (κ3) is 1.26. The molecule has 0 aliphatic rings. The summed E-state index contributed by atoms with van der Waals surface area (Å²) in [5, 5.41) is 0. The number of aromatic nitrogens is 4. The zero-order valence-electron chi connectivity index (χ0n) is 5.46. The van der Waals surface area contributed by atoms with Crippen LogP contribution >= 0.6 is 12.2 Å². The molecule has 0 bridgehead atoms. The molecule has 0 unspecified atom stereocenters. The minimum Gasteiger partial charge on any atom is -0.412 e. The second-order valence-corrected chi connectivity index (χ2v) is 2.27. The highest BCUT2D eigenvalue weighted by atomic mass is 32.1. The minimum absolute atomic E-state index is 0. The summed E-state index contributed by atoms with van der Waals surface area (Å²) >= 11 is 4.83. The Bertz CT molecular complexity index is 370. The van der Waals surface area contributed by atoms with Gasteiger partial charge in [-0.25, -0.2) is 9.97 Å². The Kier molecular flexibility index (Phi) is 1.97. The van der Waals surface area contributed by atoms with Gasteiger partial charge in [-0.1, -0.05) is 0 Å². The van der Waals surface area contributed by atoms with Gasteiger partial charge in [-0.2, -0.15) is 0 Å². The van der Waals surface area contributed by atoms with Crippen LogP contribution in [0, 0.1) is 4.77 Å². The van der Waals surface area contributed by atoms with Crippen LogP contribution in [0.3, 0.4) is 0 Å². The molecule has 2 rings (SSSR count). The summed E-state index contributed by atoms with van der Waals surface area (Å²) in [4.78, 5) is 13.5. The zero-order chi connectivity index (χ0) is 6.97. The van der Waals surface area contributed by atoms with Crippen LogP contribution in [0.5, 0.6) is 0 Å². The van der Waals surface area contributed by atoms with Gasteiger partial charge in [0, 0.05) is 0 Å². The first-order valence-corrected chi connectivity index (χ1v) is 3.15. The van der Waals surface area contributed by atoms with E-state index >= 15 is 0 Å². The fraction of sp³-hybridized carbons (Fsp3) is 0. The number of aromatic amines is 2. The number of fused-ring (bicyclic) bond motifs is 1. The summed E-state index contributed by atoms with van der Waals surface area (Å²) in [6.07, 6.45) is 3.15. The van der Waals surface area contributed by atoms with Crippen molar-refractivity contribution < 1.29 is 5.48 Å². The number of nitrogens with zero attached hydrogens (tertiary/aromatic N) is 2. The largest absolute Gasteiger partial charge is 0.412 e. The topological polar surface area (TPSA) is 88.9 Å². The smallest absolute Gasteiger partial charge is 0.176 e. The Hall–Kier alpha value is -1.27. The van der Waals surface area contributed by atoms with E-state index in [4.69, 9.17) is 12.2 Å². The summed E-state index contributed by atoms with van der Waals surface area (Å²) < 4.78 is 0.579. The van der Waals surface area contributed by atoms with E-state index in [1.807, 2.05) is 0 Å². The molecule has 0 aromatic carbocycles. The molecule has 5 nitrogen and oxygen atoms in total. The molecule has 0 fully saturated rings. The van der Waals surface area contributed by atoms with Crippen molar-refractivity contribution in [1.29, 1.82) is 0 Å². The fourth-order valence-electron chi connectivity index (χ4n) is 0.782. The van der Waals surface area contributed by atoms with Crippen molar-refractivity contribution in [3.8, 4) is 0 Å². The van der Waals surface area contributed by atoms with E-state index in [1.54, 1.807) is 6.20 Å². The Balaban J connectivity index is 0.000000605. The van der Waals surface area contributed by atoms with Gasteiger partial charge in [-0.3, -0.25) is 0 Å². The lowest BCUT2D eigenvalue weighted by Gasteiger charge is -1.81. The highest BCUT2D eigenvalue weighted by Gasteiger charge is 1.92. The van der Waals surface area contributed by atoms with Gasteiger partial charge in [-0.15, -0.1) is 0 Å². The maximum atomic E-state index is 4.83. The first-order chi connectivity index (χ1) is 4.86. The molecule has 2 aromatic rings. The van der Waals surface area contributed by atoms with Crippen LogP contribution in [0.4, 0.5) is 0 Å². The minimum atomic E-state index is 0. The second-order valence-electron chi connectivity index (χ2n) is 1.86. The molecule has 0 aliphatic carbocycles. The molecule has 0 atom stereocenters. The molecule has 2 heterocycles. The van der Waals surface area contributed by atoms with Gasteiger partial charge >= 0.3 is 0 Å². The third-order valence-electron chi connectivity index (χ3n) is 1.19. The summed E-state index contributed by atoms with van der Waals surface area (Å²) in [7, 11) is 0. The van der Waals surface area contributed by atoms with Crippen LogP contribution in [0.1, 0.15) is 0 Å². The van der Waals surface area contributed by atoms with Gasteiger partial charge in [0.2, 0.25) is 0 Å². The fourth-order valence-corrected chi connectivity index (χ4v) is 0.988. The molecule has 0 saturated heterocycles. The molecular weight excluding hydrogens is 164 g/mol. The lowest BCUT2D eigenvalue weighted by atomic mass is 10.6. The molecule has 0 spiro atoms. The maximum absolute atomic E-state index is 4.83. The standard InChI is InChI=1S/C5H4N4S.H2O/c10-5-8-3-1-6-2-7-4(3)9-5;/h1-2H,(H2,6,7,8,9,10);1H2. The summed E-state index contributed by atoms with van der Waals surface area (Å²) in [5.41, 5.74) is 1.59. The van der Waals surface area contributed by atoms with Gasteiger partial charge < -0.3 is 15.4 Å². The normalized spacial score (nSPS) is 9.45. The number of H-pyrrole nitrogens is 2. The van der Waals surface area contributed by atoms with E-state index < -0.39 is 0 Å². The number of imidazole rings is 1. The van der Waals surface area contributed by atoms with Crippen molar-refractivity contribution in [3.05, 3.63) is 17.3 Å². The number of rotatable bonds is 0. The number of nitrogens with one attached hydrogen (secondary N) is 2. The summed E-state index contributed by atoms with van der Waals surface area (Å²) in [5.74, 6) is 0. The molecule has 6 heteroatoms. The quantitative estimate of drug-likeness (QED) is 0.553. The van der Waals surface area contributed by atoms with Crippen molar-refractivity contribution in [1.82, 2.24) is 19.9 Å². The summed E-state index contributed by atoms with van der Waals surface area (Å²) in [6.45, 7) is 0. The van der Waals surface area contributed by atoms with Crippen LogP contribution < -0.4 is 0 Å². The predicted molar refractivity (Wildman–Crippen MR) is 42.7 cm³/mol. The van der Waals surface area contributed by atoms with Gasteiger partial charge in [-0.05, 0) is 12.2 Å².